The first-order chi connectivity index (χ1) is 9.90. The summed E-state index contributed by atoms with van der Waals surface area (Å²) in [6.45, 7) is 11.9. The predicted octanol–water partition coefficient (Wildman–Crippen LogP) is 4.49. The Morgan fingerprint density at radius 3 is 2.62 bits per heavy atom. The molecule has 2 heterocycles. The van der Waals surface area contributed by atoms with Gasteiger partial charge in [0.15, 0.2) is 0 Å². The van der Waals surface area contributed by atoms with Crippen molar-refractivity contribution in [2.75, 3.05) is 6.54 Å². The van der Waals surface area contributed by atoms with Gasteiger partial charge in [0.2, 0.25) is 0 Å². The average Bonchev–Trinajstić information content (AvgIpc) is 3.02. The van der Waals surface area contributed by atoms with E-state index in [1.54, 1.807) is 22.7 Å². The molecule has 1 unspecified atom stereocenters. The summed E-state index contributed by atoms with van der Waals surface area (Å²) in [6.07, 6.45) is 4.09. The van der Waals surface area contributed by atoms with Crippen LogP contribution in [0.25, 0.3) is 0 Å². The summed E-state index contributed by atoms with van der Waals surface area (Å²) in [5, 5.41) is 8.17. The maximum Gasteiger partial charge on any atom is 0.0947 e. The summed E-state index contributed by atoms with van der Waals surface area (Å²) in [5.74, 6) is 0. The number of aromatic nitrogens is 2. The summed E-state index contributed by atoms with van der Waals surface area (Å²) in [5.41, 5.74) is 1.32. The summed E-state index contributed by atoms with van der Waals surface area (Å²) in [4.78, 5) is 10.5. The summed E-state index contributed by atoms with van der Waals surface area (Å²) in [7, 11) is 0. The standard InChI is InChI=1S/C16H25N3S2/c1-6-7-17-12(13-9-18-11(2)21-13)8-15-19-14(10-20-15)16(3,4)5/h9-10,12,17H,6-8H2,1-5H3. The van der Waals surface area contributed by atoms with E-state index in [4.69, 9.17) is 4.98 Å². The van der Waals surface area contributed by atoms with E-state index >= 15 is 0 Å². The van der Waals surface area contributed by atoms with Crippen LogP contribution in [0.1, 0.15) is 60.7 Å². The van der Waals surface area contributed by atoms with Crippen LogP contribution in [-0.2, 0) is 11.8 Å². The monoisotopic (exact) mass is 323 g/mol. The predicted molar refractivity (Wildman–Crippen MR) is 92.4 cm³/mol. The van der Waals surface area contributed by atoms with Crippen molar-refractivity contribution in [2.45, 2.75) is 58.9 Å². The Morgan fingerprint density at radius 2 is 2.10 bits per heavy atom. The number of hydrogen-bond donors (Lipinski definition) is 1. The summed E-state index contributed by atoms with van der Waals surface area (Å²) in [6, 6.07) is 0.329. The molecule has 0 aliphatic carbocycles. The number of aryl methyl sites for hydroxylation is 1. The molecule has 3 nitrogen and oxygen atoms in total. The lowest BCUT2D eigenvalue weighted by Crippen LogP contribution is -2.23. The van der Waals surface area contributed by atoms with Crippen LogP contribution >= 0.6 is 22.7 Å². The Bertz CT molecular complexity index is 566. The van der Waals surface area contributed by atoms with Gasteiger partial charge in [0, 0.05) is 34.3 Å². The minimum atomic E-state index is 0.127. The quantitative estimate of drug-likeness (QED) is 0.851. The number of thiazole rings is 2. The molecule has 2 aromatic rings. The number of nitrogens with one attached hydrogen (secondary N) is 1. The van der Waals surface area contributed by atoms with Crippen LogP contribution < -0.4 is 5.32 Å². The third-order valence-corrected chi connectivity index (χ3v) is 5.22. The second-order valence-electron chi connectivity index (χ2n) is 6.37. The highest BCUT2D eigenvalue weighted by atomic mass is 32.1. The molecule has 0 spiro atoms. The minimum absolute atomic E-state index is 0.127. The number of rotatable bonds is 6. The van der Waals surface area contributed by atoms with E-state index in [1.807, 2.05) is 6.20 Å². The van der Waals surface area contributed by atoms with Gasteiger partial charge in [-0.1, -0.05) is 27.7 Å². The summed E-state index contributed by atoms with van der Waals surface area (Å²) < 4.78 is 0. The third-order valence-electron chi connectivity index (χ3n) is 3.32. The van der Waals surface area contributed by atoms with Gasteiger partial charge in [0.05, 0.1) is 15.7 Å². The molecule has 0 amide bonds. The van der Waals surface area contributed by atoms with Crippen LogP contribution in [0, 0.1) is 6.92 Å². The Hall–Kier alpha value is -0.780. The van der Waals surface area contributed by atoms with Gasteiger partial charge >= 0.3 is 0 Å². The van der Waals surface area contributed by atoms with Crippen molar-refractivity contribution in [1.82, 2.24) is 15.3 Å². The molecule has 0 aromatic carbocycles. The average molecular weight is 324 g/mol. The molecule has 21 heavy (non-hydrogen) atoms. The zero-order chi connectivity index (χ0) is 15.5. The Labute approximate surface area is 135 Å². The fourth-order valence-electron chi connectivity index (χ4n) is 2.05. The summed E-state index contributed by atoms with van der Waals surface area (Å²) >= 11 is 3.55. The maximum atomic E-state index is 4.82. The lowest BCUT2D eigenvalue weighted by atomic mass is 9.93. The first kappa shape index (κ1) is 16.6. The molecule has 0 saturated carbocycles. The van der Waals surface area contributed by atoms with Gasteiger partial charge in [-0.25, -0.2) is 9.97 Å². The first-order valence-corrected chi connectivity index (χ1v) is 9.20. The molecule has 2 rings (SSSR count). The molecule has 0 aliphatic rings. The molecule has 5 heteroatoms. The molecule has 2 aromatic heterocycles. The van der Waals surface area contributed by atoms with Crippen molar-refractivity contribution in [3.63, 3.8) is 0 Å². The van der Waals surface area contributed by atoms with Gasteiger partial charge in [0.25, 0.3) is 0 Å². The Kier molecular flexibility index (Phi) is 5.52. The van der Waals surface area contributed by atoms with Gasteiger partial charge < -0.3 is 5.32 Å². The fraction of sp³-hybridized carbons (Fsp3) is 0.625. The minimum Gasteiger partial charge on any atom is -0.309 e. The smallest absolute Gasteiger partial charge is 0.0947 e. The van der Waals surface area contributed by atoms with Crippen molar-refractivity contribution in [1.29, 1.82) is 0 Å². The lowest BCUT2D eigenvalue weighted by molar-refractivity contribution is 0.529. The van der Waals surface area contributed by atoms with Crippen LogP contribution in [-0.4, -0.2) is 16.5 Å². The van der Waals surface area contributed by atoms with Gasteiger partial charge in [-0.05, 0) is 19.9 Å². The second-order valence-corrected chi connectivity index (χ2v) is 8.58. The van der Waals surface area contributed by atoms with E-state index in [0.29, 0.717) is 6.04 Å². The molecule has 0 bridgehead atoms. The van der Waals surface area contributed by atoms with Gasteiger partial charge in [-0.3, -0.25) is 0 Å². The van der Waals surface area contributed by atoms with Crippen molar-refractivity contribution in [2.24, 2.45) is 0 Å². The molecule has 0 aliphatic heterocycles. The number of nitrogens with zero attached hydrogens (tertiary/aromatic N) is 2. The molecule has 116 valence electrons. The fourth-order valence-corrected chi connectivity index (χ4v) is 3.98. The van der Waals surface area contributed by atoms with Gasteiger partial charge in [-0.2, -0.15) is 0 Å². The highest BCUT2D eigenvalue weighted by Gasteiger charge is 2.20. The van der Waals surface area contributed by atoms with Crippen LogP contribution in [0.4, 0.5) is 0 Å². The van der Waals surface area contributed by atoms with Crippen molar-refractivity contribution < 1.29 is 0 Å². The van der Waals surface area contributed by atoms with E-state index in [2.05, 4.69) is 50.3 Å². The molecule has 0 radical (unpaired) electrons. The largest absolute Gasteiger partial charge is 0.309 e. The first-order valence-electron chi connectivity index (χ1n) is 7.50. The van der Waals surface area contributed by atoms with E-state index in [1.165, 1.54) is 15.6 Å². The molecule has 1 atom stereocenters. The highest BCUT2D eigenvalue weighted by Crippen LogP contribution is 2.28. The van der Waals surface area contributed by atoms with Crippen LogP contribution in [0.15, 0.2) is 11.6 Å². The lowest BCUT2D eigenvalue weighted by Gasteiger charge is -2.16. The van der Waals surface area contributed by atoms with Crippen molar-refractivity contribution in [3.05, 3.63) is 32.2 Å². The molecular weight excluding hydrogens is 298 g/mol. The van der Waals surface area contributed by atoms with E-state index in [-0.39, 0.29) is 5.41 Å². The van der Waals surface area contributed by atoms with Crippen LogP contribution in [0.3, 0.4) is 0 Å². The molecule has 1 N–H and O–H groups in total. The van der Waals surface area contributed by atoms with Crippen LogP contribution in [0.5, 0.6) is 0 Å². The maximum absolute atomic E-state index is 4.82. The van der Waals surface area contributed by atoms with E-state index in [0.717, 1.165) is 24.4 Å². The van der Waals surface area contributed by atoms with Crippen molar-refractivity contribution >= 4 is 22.7 Å². The Morgan fingerprint density at radius 1 is 1.33 bits per heavy atom. The SMILES string of the molecule is CCCNC(Cc1nc(C(C)(C)C)cs1)c1cnc(C)s1. The van der Waals surface area contributed by atoms with Gasteiger partial charge in [0.1, 0.15) is 0 Å². The molecule has 0 saturated heterocycles. The third kappa shape index (κ3) is 4.59. The topological polar surface area (TPSA) is 37.8 Å². The van der Waals surface area contributed by atoms with E-state index < -0.39 is 0 Å². The number of hydrogen-bond acceptors (Lipinski definition) is 5. The molecule has 0 fully saturated rings. The van der Waals surface area contributed by atoms with Crippen molar-refractivity contribution in [3.8, 4) is 0 Å². The molecular formula is C16H25N3S2. The highest BCUT2D eigenvalue weighted by molar-refractivity contribution is 7.11. The normalized spacial score (nSPS) is 13.6. The van der Waals surface area contributed by atoms with E-state index in [9.17, 15) is 0 Å². The zero-order valence-electron chi connectivity index (χ0n) is 13.6. The Balaban J connectivity index is 2.13. The van der Waals surface area contributed by atoms with Crippen LogP contribution in [0.2, 0.25) is 0 Å². The second kappa shape index (κ2) is 6.99. The van der Waals surface area contributed by atoms with Gasteiger partial charge in [-0.15, -0.1) is 22.7 Å². The zero-order valence-corrected chi connectivity index (χ0v) is 15.2.